The molecular formula is C14H22N2O3. The third-order valence-electron chi connectivity index (χ3n) is 3.25. The Hall–Kier alpha value is -1.30. The first-order valence-electron chi connectivity index (χ1n) is 6.71. The molecule has 1 aromatic rings. The zero-order valence-electron chi connectivity index (χ0n) is 11.0. The predicted octanol–water partition coefficient (Wildman–Crippen LogP) is 0.465. The number of para-hydroxylation sites is 2. The lowest BCUT2D eigenvalue weighted by Gasteiger charge is -2.24. The van der Waals surface area contributed by atoms with Crippen LogP contribution in [0.15, 0.2) is 24.3 Å². The van der Waals surface area contributed by atoms with E-state index in [1.165, 1.54) is 0 Å². The Labute approximate surface area is 113 Å². The number of nitrogens with zero attached hydrogens (tertiary/aromatic N) is 1. The first-order chi connectivity index (χ1) is 9.20. The molecule has 2 rings (SSSR count). The van der Waals surface area contributed by atoms with Gasteiger partial charge in [0.15, 0.2) is 0 Å². The Balaban J connectivity index is 1.77. The van der Waals surface area contributed by atoms with Crippen LogP contribution < -0.4 is 10.5 Å². The second-order valence-corrected chi connectivity index (χ2v) is 4.95. The van der Waals surface area contributed by atoms with Crippen molar-refractivity contribution >= 4 is 5.69 Å². The van der Waals surface area contributed by atoms with Crippen LogP contribution in [0.4, 0.5) is 5.69 Å². The average molecular weight is 266 g/mol. The molecule has 0 saturated heterocycles. The zero-order chi connectivity index (χ0) is 13.7. The lowest BCUT2D eigenvalue weighted by atomic mass is 10.3. The van der Waals surface area contributed by atoms with E-state index in [1.807, 2.05) is 12.1 Å². The van der Waals surface area contributed by atoms with Gasteiger partial charge in [-0.1, -0.05) is 12.1 Å². The Bertz CT molecular complexity index is 396. The predicted molar refractivity (Wildman–Crippen MR) is 74.0 cm³/mol. The van der Waals surface area contributed by atoms with Crippen molar-refractivity contribution in [3.63, 3.8) is 0 Å². The molecule has 0 spiro atoms. The van der Waals surface area contributed by atoms with Gasteiger partial charge in [0.1, 0.15) is 18.5 Å². The summed E-state index contributed by atoms with van der Waals surface area (Å²) < 4.78 is 5.51. The van der Waals surface area contributed by atoms with Gasteiger partial charge in [-0.25, -0.2) is 0 Å². The molecular weight excluding hydrogens is 244 g/mol. The van der Waals surface area contributed by atoms with Gasteiger partial charge in [0, 0.05) is 19.1 Å². The highest BCUT2D eigenvalue weighted by molar-refractivity contribution is 5.51. The van der Waals surface area contributed by atoms with E-state index in [-0.39, 0.29) is 13.2 Å². The highest BCUT2D eigenvalue weighted by Gasteiger charge is 2.29. The molecule has 106 valence electrons. The number of aliphatic hydroxyl groups is 2. The zero-order valence-corrected chi connectivity index (χ0v) is 11.0. The van der Waals surface area contributed by atoms with Crippen molar-refractivity contribution < 1.29 is 14.9 Å². The highest BCUT2D eigenvalue weighted by atomic mass is 16.5. The topological polar surface area (TPSA) is 79.0 Å². The van der Waals surface area contributed by atoms with Gasteiger partial charge in [0.2, 0.25) is 0 Å². The van der Waals surface area contributed by atoms with E-state index in [9.17, 15) is 5.11 Å². The largest absolute Gasteiger partial charge is 0.489 e. The summed E-state index contributed by atoms with van der Waals surface area (Å²) >= 11 is 0. The fourth-order valence-corrected chi connectivity index (χ4v) is 2.11. The highest BCUT2D eigenvalue weighted by Crippen LogP contribution is 2.26. The minimum atomic E-state index is -0.577. The van der Waals surface area contributed by atoms with Crippen molar-refractivity contribution in [2.24, 2.45) is 0 Å². The van der Waals surface area contributed by atoms with Crippen LogP contribution in [0, 0.1) is 0 Å². The number of anilines is 1. The molecule has 1 aromatic carbocycles. The maximum absolute atomic E-state index is 9.99. The number of nitrogen functional groups attached to an aromatic ring is 1. The van der Waals surface area contributed by atoms with Crippen molar-refractivity contribution in [3.05, 3.63) is 24.3 Å². The van der Waals surface area contributed by atoms with E-state index < -0.39 is 6.10 Å². The van der Waals surface area contributed by atoms with E-state index in [1.54, 1.807) is 12.1 Å². The molecule has 1 aliphatic rings. The molecule has 0 aromatic heterocycles. The molecule has 1 saturated carbocycles. The summed E-state index contributed by atoms with van der Waals surface area (Å²) in [6.45, 7) is 1.46. The van der Waals surface area contributed by atoms with Gasteiger partial charge in [0.05, 0.1) is 12.3 Å². The van der Waals surface area contributed by atoms with Gasteiger partial charge in [-0.05, 0) is 25.0 Å². The number of hydrogen-bond donors (Lipinski definition) is 3. The number of aliphatic hydroxyl groups excluding tert-OH is 2. The maximum Gasteiger partial charge on any atom is 0.142 e. The number of hydrogen-bond acceptors (Lipinski definition) is 5. The number of nitrogens with two attached hydrogens (primary N) is 1. The molecule has 0 bridgehead atoms. The monoisotopic (exact) mass is 266 g/mol. The normalized spacial score (nSPS) is 16.6. The Kier molecular flexibility index (Phi) is 5.01. The molecule has 1 aliphatic carbocycles. The van der Waals surface area contributed by atoms with Crippen molar-refractivity contribution in [1.29, 1.82) is 0 Å². The summed E-state index contributed by atoms with van der Waals surface area (Å²) in [7, 11) is 0. The van der Waals surface area contributed by atoms with Gasteiger partial charge in [-0.15, -0.1) is 0 Å². The quantitative estimate of drug-likeness (QED) is 0.596. The smallest absolute Gasteiger partial charge is 0.142 e. The van der Waals surface area contributed by atoms with Gasteiger partial charge in [0.25, 0.3) is 0 Å². The van der Waals surface area contributed by atoms with Crippen molar-refractivity contribution in [2.45, 2.75) is 25.0 Å². The van der Waals surface area contributed by atoms with E-state index in [0.717, 1.165) is 12.8 Å². The van der Waals surface area contributed by atoms with Gasteiger partial charge in [-0.2, -0.15) is 0 Å². The Morgan fingerprint density at radius 2 is 2.11 bits per heavy atom. The maximum atomic E-state index is 9.99. The molecule has 0 aliphatic heterocycles. The second kappa shape index (κ2) is 6.75. The van der Waals surface area contributed by atoms with Crippen molar-refractivity contribution in [1.82, 2.24) is 4.90 Å². The fourth-order valence-electron chi connectivity index (χ4n) is 2.11. The molecule has 1 fully saturated rings. The van der Waals surface area contributed by atoms with Crippen molar-refractivity contribution in [2.75, 3.05) is 32.0 Å². The summed E-state index contributed by atoms with van der Waals surface area (Å²) in [6.07, 6.45) is 1.73. The van der Waals surface area contributed by atoms with E-state index in [2.05, 4.69) is 4.90 Å². The van der Waals surface area contributed by atoms with Crippen molar-refractivity contribution in [3.8, 4) is 5.75 Å². The lowest BCUT2D eigenvalue weighted by molar-refractivity contribution is 0.0590. The lowest BCUT2D eigenvalue weighted by Crippen LogP contribution is -2.38. The molecule has 4 N–H and O–H groups in total. The van der Waals surface area contributed by atoms with Crippen LogP contribution in [-0.2, 0) is 0 Å². The minimum Gasteiger partial charge on any atom is -0.489 e. The second-order valence-electron chi connectivity index (χ2n) is 4.95. The summed E-state index contributed by atoms with van der Waals surface area (Å²) in [5, 5.41) is 19.0. The van der Waals surface area contributed by atoms with Crippen LogP contribution in [-0.4, -0.2) is 53.6 Å². The standard InChI is InChI=1S/C14H22N2O3/c15-13-3-1-2-4-14(13)19-10-12(18)9-16(7-8-17)11-5-6-11/h1-4,11-12,17-18H,5-10,15H2. The third-order valence-corrected chi connectivity index (χ3v) is 3.25. The molecule has 1 atom stereocenters. The summed E-state index contributed by atoms with van der Waals surface area (Å²) in [4.78, 5) is 2.11. The SMILES string of the molecule is Nc1ccccc1OCC(O)CN(CCO)C1CC1. The average Bonchev–Trinajstić information content (AvgIpc) is 3.21. The van der Waals surface area contributed by atoms with Gasteiger partial charge < -0.3 is 20.7 Å². The van der Waals surface area contributed by atoms with Crippen LogP contribution in [0.5, 0.6) is 5.75 Å². The summed E-state index contributed by atoms with van der Waals surface area (Å²) in [5.74, 6) is 0.599. The van der Waals surface area contributed by atoms with Gasteiger partial charge in [-0.3, -0.25) is 4.90 Å². The van der Waals surface area contributed by atoms with Gasteiger partial charge >= 0.3 is 0 Å². The number of ether oxygens (including phenoxy) is 1. The molecule has 0 radical (unpaired) electrons. The van der Waals surface area contributed by atoms with E-state index >= 15 is 0 Å². The van der Waals surface area contributed by atoms with E-state index in [4.69, 9.17) is 15.6 Å². The molecule has 0 heterocycles. The van der Waals surface area contributed by atoms with Crippen LogP contribution in [0.1, 0.15) is 12.8 Å². The van der Waals surface area contributed by atoms with Crippen LogP contribution in [0.2, 0.25) is 0 Å². The van der Waals surface area contributed by atoms with Crippen LogP contribution in [0.25, 0.3) is 0 Å². The molecule has 5 nitrogen and oxygen atoms in total. The first kappa shape index (κ1) is 14.1. The number of benzene rings is 1. The third kappa shape index (κ3) is 4.38. The molecule has 1 unspecified atom stereocenters. The molecule has 19 heavy (non-hydrogen) atoms. The Morgan fingerprint density at radius 1 is 1.37 bits per heavy atom. The fraction of sp³-hybridized carbons (Fsp3) is 0.571. The molecule has 0 amide bonds. The number of rotatable bonds is 8. The summed E-state index contributed by atoms with van der Waals surface area (Å²) in [6, 6.07) is 7.76. The molecule has 5 heteroatoms. The first-order valence-corrected chi connectivity index (χ1v) is 6.71. The van der Waals surface area contributed by atoms with E-state index in [0.29, 0.717) is 30.6 Å². The summed E-state index contributed by atoms with van der Waals surface area (Å²) in [5.41, 5.74) is 6.34. The van der Waals surface area contributed by atoms with Crippen LogP contribution >= 0.6 is 0 Å². The van der Waals surface area contributed by atoms with Crippen LogP contribution in [0.3, 0.4) is 0 Å². The minimum absolute atomic E-state index is 0.121. The Morgan fingerprint density at radius 3 is 2.74 bits per heavy atom.